The van der Waals surface area contributed by atoms with Crippen molar-refractivity contribution in [2.24, 2.45) is 0 Å². The van der Waals surface area contributed by atoms with Gasteiger partial charge in [-0.2, -0.15) is 13.2 Å². The first kappa shape index (κ1) is 23.9. The minimum atomic E-state index is -4.52. The number of carbonyl (C=O) groups is 3. The Morgan fingerprint density at radius 1 is 0.970 bits per heavy atom. The number of aromatic nitrogens is 1. The van der Waals surface area contributed by atoms with E-state index in [4.69, 9.17) is 0 Å². The van der Waals surface area contributed by atoms with Crippen molar-refractivity contribution in [3.05, 3.63) is 76.3 Å². The number of thiazole rings is 1. The highest BCUT2D eigenvalue weighted by molar-refractivity contribution is 7.14. The van der Waals surface area contributed by atoms with Gasteiger partial charge in [-0.05, 0) is 36.8 Å². The molecule has 3 N–H and O–H groups in total. The molecule has 0 atom stereocenters. The van der Waals surface area contributed by atoms with Gasteiger partial charge in [0.05, 0.1) is 12.1 Å². The first-order valence-corrected chi connectivity index (χ1v) is 10.5. The van der Waals surface area contributed by atoms with E-state index in [1.165, 1.54) is 29.5 Å². The Kier molecular flexibility index (Phi) is 7.44. The third-order valence-corrected chi connectivity index (χ3v) is 5.18. The van der Waals surface area contributed by atoms with Crippen molar-refractivity contribution >= 4 is 39.9 Å². The molecule has 11 heteroatoms. The topological polar surface area (TPSA) is 100 Å². The van der Waals surface area contributed by atoms with Gasteiger partial charge in [0.1, 0.15) is 6.54 Å². The molecule has 0 aliphatic carbocycles. The zero-order valence-corrected chi connectivity index (χ0v) is 18.1. The fourth-order valence-corrected chi connectivity index (χ4v) is 3.45. The second-order valence-electron chi connectivity index (χ2n) is 7.02. The Labute approximate surface area is 191 Å². The van der Waals surface area contributed by atoms with E-state index in [-0.39, 0.29) is 17.9 Å². The summed E-state index contributed by atoms with van der Waals surface area (Å²) in [6, 6.07) is 12.8. The van der Waals surface area contributed by atoms with Crippen molar-refractivity contribution in [1.29, 1.82) is 0 Å². The lowest BCUT2D eigenvalue weighted by Crippen LogP contribution is -2.33. The third kappa shape index (κ3) is 7.14. The molecule has 0 aliphatic rings. The summed E-state index contributed by atoms with van der Waals surface area (Å²) in [5.74, 6) is -1.66. The Bertz CT molecular complexity index is 1160. The maximum Gasteiger partial charge on any atom is 0.405 e. The van der Waals surface area contributed by atoms with E-state index in [0.717, 1.165) is 0 Å². The number of rotatable bonds is 7. The lowest BCUT2D eigenvalue weighted by Gasteiger charge is -2.12. The van der Waals surface area contributed by atoms with E-state index in [9.17, 15) is 27.6 Å². The van der Waals surface area contributed by atoms with Crippen LogP contribution in [-0.2, 0) is 11.2 Å². The van der Waals surface area contributed by atoms with Crippen LogP contribution in [0.1, 0.15) is 32.0 Å². The lowest BCUT2D eigenvalue weighted by atomic mass is 10.1. The number of aryl methyl sites for hydroxylation is 1. The second kappa shape index (κ2) is 10.3. The summed E-state index contributed by atoms with van der Waals surface area (Å²) in [6.07, 6.45) is -4.62. The van der Waals surface area contributed by atoms with Crippen molar-refractivity contribution in [3.63, 3.8) is 0 Å². The molecule has 0 unspecified atom stereocenters. The van der Waals surface area contributed by atoms with Crippen LogP contribution in [0.4, 0.5) is 24.0 Å². The molecule has 3 rings (SSSR count). The van der Waals surface area contributed by atoms with Crippen molar-refractivity contribution in [2.75, 3.05) is 17.2 Å². The number of carbonyl (C=O) groups excluding carboxylic acids is 3. The van der Waals surface area contributed by atoms with Crippen LogP contribution in [0.3, 0.4) is 0 Å². The van der Waals surface area contributed by atoms with Crippen LogP contribution >= 0.6 is 11.3 Å². The van der Waals surface area contributed by atoms with Gasteiger partial charge in [0.25, 0.3) is 11.8 Å². The minimum Gasteiger partial charge on any atom is -0.343 e. The van der Waals surface area contributed by atoms with Crippen LogP contribution in [0.5, 0.6) is 0 Å². The monoisotopic (exact) mass is 476 g/mol. The van der Waals surface area contributed by atoms with Gasteiger partial charge >= 0.3 is 6.18 Å². The third-order valence-electron chi connectivity index (χ3n) is 4.37. The predicted octanol–water partition coefficient (Wildman–Crippen LogP) is 4.18. The van der Waals surface area contributed by atoms with Crippen molar-refractivity contribution < 1.29 is 27.6 Å². The number of benzene rings is 2. The van der Waals surface area contributed by atoms with Crippen molar-refractivity contribution in [3.8, 4) is 0 Å². The Hall–Kier alpha value is -3.73. The Morgan fingerprint density at radius 2 is 1.70 bits per heavy atom. The molecule has 0 aliphatic heterocycles. The van der Waals surface area contributed by atoms with Gasteiger partial charge in [-0.15, -0.1) is 11.3 Å². The molecular weight excluding hydrogens is 457 g/mol. The summed E-state index contributed by atoms with van der Waals surface area (Å²) in [4.78, 5) is 40.8. The van der Waals surface area contributed by atoms with E-state index in [0.29, 0.717) is 27.6 Å². The molecule has 0 fully saturated rings. The molecular formula is C22H19F3N4O3S. The Balaban J connectivity index is 1.59. The maximum atomic E-state index is 12.4. The van der Waals surface area contributed by atoms with E-state index >= 15 is 0 Å². The molecule has 33 heavy (non-hydrogen) atoms. The molecule has 3 aromatic rings. The fourth-order valence-electron chi connectivity index (χ4n) is 2.74. The van der Waals surface area contributed by atoms with E-state index in [2.05, 4.69) is 15.6 Å². The number of nitrogens with one attached hydrogen (secondary N) is 3. The van der Waals surface area contributed by atoms with Crippen molar-refractivity contribution in [2.45, 2.75) is 19.5 Å². The van der Waals surface area contributed by atoms with Gasteiger partial charge < -0.3 is 10.6 Å². The number of alkyl halides is 3. The highest BCUT2D eigenvalue weighted by atomic mass is 32.1. The van der Waals surface area contributed by atoms with Crippen LogP contribution in [0.15, 0.2) is 53.9 Å². The van der Waals surface area contributed by atoms with Crippen LogP contribution in [0.25, 0.3) is 0 Å². The lowest BCUT2D eigenvalue weighted by molar-refractivity contribution is -0.123. The second-order valence-corrected chi connectivity index (χ2v) is 7.87. The highest BCUT2D eigenvalue weighted by Gasteiger charge is 2.28. The molecule has 1 aromatic heterocycles. The summed E-state index contributed by atoms with van der Waals surface area (Å²) in [6.45, 7) is 0.238. The summed E-state index contributed by atoms with van der Waals surface area (Å²) >= 11 is 1.17. The number of hydrogen-bond acceptors (Lipinski definition) is 5. The van der Waals surface area contributed by atoms with Gasteiger partial charge in [0, 0.05) is 22.2 Å². The van der Waals surface area contributed by atoms with Crippen LogP contribution in [-0.4, -0.2) is 35.4 Å². The molecule has 0 spiro atoms. The molecule has 0 saturated heterocycles. The smallest absolute Gasteiger partial charge is 0.343 e. The summed E-state index contributed by atoms with van der Waals surface area (Å²) in [5.41, 5.74) is 1.82. The molecule has 3 amide bonds. The zero-order chi connectivity index (χ0) is 24.0. The van der Waals surface area contributed by atoms with Gasteiger partial charge in [-0.3, -0.25) is 19.7 Å². The molecule has 0 bridgehead atoms. The van der Waals surface area contributed by atoms with Crippen LogP contribution in [0.2, 0.25) is 0 Å². The van der Waals surface area contributed by atoms with Gasteiger partial charge in [0.15, 0.2) is 5.13 Å². The molecule has 0 saturated carbocycles. The normalized spacial score (nSPS) is 11.0. The largest absolute Gasteiger partial charge is 0.405 e. The molecule has 1 heterocycles. The number of halogens is 3. The number of hydrogen-bond donors (Lipinski definition) is 3. The Morgan fingerprint density at radius 3 is 2.39 bits per heavy atom. The first-order valence-electron chi connectivity index (χ1n) is 9.67. The van der Waals surface area contributed by atoms with Crippen molar-refractivity contribution in [1.82, 2.24) is 10.3 Å². The van der Waals surface area contributed by atoms with Gasteiger partial charge in [-0.25, -0.2) is 4.98 Å². The van der Waals surface area contributed by atoms with Crippen LogP contribution < -0.4 is 16.0 Å². The SMILES string of the molecule is Cc1ccc(C(=O)NCC(F)(F)F)cc1NC(=O)Cc1csc(NC(=O)c2ccccc2)n1. The fraction of sp³-hybridized carbons (Fsp3) is 0.182. The average molecular weight is 476 g/mol. The number of amides is 3. The molecule has 172 valence electrons. The minimum absolute atomic E-state index is 0.0141. The van der Waals surface area contributed by atoms with E-state index < -0.39 is 24.5 Å². The quantitative estimate of drug-likeness (QED) is 0.476. The van der Waals surface area contributed by atoms with Crippen LogP contribution in [0, 0.1) is 6.92 Å². The first-order chi connectivity index (χ1) is 15.6. The molecule has 7 nitrogen and oxygen atoms in total. The standard InChI is InChI=1S/C22H19F3N4O3S/c1-13-7-8-15(19(31)26-12-22(23,24)25)9-17(13)28-18(30)10-16-11-33-21(27-16)29-20(32)14-5-3-2-4-6-14/h2-9,11H,10,12H2,1H3,(H,26,31)(H,28,30)(H,27,29,32). The van der Waals surface area contributed by atoms with E-state index in [1.807, 2.05) is 0 Å². The summed E-state index contributed by atoms with van der Waals surface area (Å²) < 4.78 is 36.9. The summed E-state index contributed by atoms with van der Waals surface area (Å²) in [7, 11) is 0. The van der Waals surface area contributed by atoms with Gasteiger partial charge in [0.2, 0.25) is 5.91 Å². The molecule has 2 aromatic carbocycles. The zero-order valence-electron chi connectivity index (χ0n) is 17.3. The summed E-state index contributed by atoms with van der Waals surface area (Å²) in [5, 5.41) is 9.06. The number of anilines is 2. The average Bonchev–Trinajstić information content (AvgIpc) is 3.20. The predicted molar refractivity (Wildman–Crippen MR) is 118 cm³/mol. The highest BCUT2D eigenvalue weighted by Crippen LogP contribution is 2.20. The van der Waals surface area contributed by atoms with Gasteiger partial charge in [-0.1, -0.05) is 24.3 Å². The van der Waals surface area contributed by atoms with E-state index in [1.54, 1.807) is 48.0 Å². The maximum absolute atomic E-state index is 12.4. The number of nitrogens with zero attached hydrogens (tertiary/aromatic N) is 1. The molecule has 0 radical (unpaired) electrons.